The van der Waals surface area contributed by atoms with E-state index in [0.717, 1.165) is 11.1 Å². The first-order chi connectivity index (χ1) is 13.5. The number of hydrazine groups is 1. The van der Waals surface area contributed by atoms with Gasteiger partial charge in [0.15, 0.2) is 0 Å². The van der Waals surface area contributed by atoms with Crippen molar-refractivity contribution in [3.8, 4) is 0 Å². The van der Waals surface area contributed by atoms with Gasteiger partial charge in [0, 0.05) is 18.7 Å². The molecule has 0 atom stereocenters. The first kappa shape index (κ1) is 19.4. The van der Waals surface area contributed by atoms with E-state index < -0.39 is 6.09 Å². The van der Waals surface area contributed by atoms with Crippen molar-refractivity contribution in [3.05, 3.63) is 71.3 Å². The first-order valence-corrected chi connectivity index (χ1v) is 9.18. The van der Waals surface area contributed by atoms with E-state index in [1.165, 1.54) is 10.0 Å². The van der Waals surface area contributed by atoms with E-state index in [-0.39, 0.29) is 25.0 Å². The number of rotatable bonds is 5. The average Bonchev–Trinajstić information content (AvgIpc) is 3.21. The van der Waals surface area contributed by atoms with Gasteiger partial charge in [0.2, 0.25) is 0 Å². The van der Waals surface area contributed by atoms with Gasteiger partial charge in [-0.1, -0.05) is 48.0 Å². The van der Waals surface area contributed by atoms with Gasteiger partial charge in [-0.05, 0) is 31.0 Å². The molecule has 3 rings (SSSR count). The maximum absolute atomic E-state index is 12.5. The fourth-order valence-corrected chi connectivity index (χ4v) is 2.99. The summed E-state index contributed by atoms with van der Waals surface area (Å²) >= 11 is 0. The number of carbonyl (C=O) groups excluding carboxylic acids is 3. The quantitative estimate of drug-likeness (QED) is 0.863. The fraction of sp³-hybridized carbons (Fsp3) is 0.286. The molecule has 1 N–H and O–H groups in total. The van der Waals surface area contributed by atoms with Crippen LogP contribution in [-0.4, -0.2) is 47.6 Å². The number of nitrogens with zero attached hydrogens (tertiary/aromatic N) is 2. The van der Waals surface area contributed by atoms with Gasteiger partial charge in [0.1, 0.15) is 6.61 Å². The number of hydrogen-bond donors (Lipinski definition) is 1. The van der Waals surface area contributed by atoms with Gasteiger partial charge >= 0.3 is 6.09 Å². The maximum atomic E-state index is 12.5. The topological polar surface area (TPSA) is 79.0 Å². The Morgan fingerprint density at radius 2 is 1.75 bits per heavy atom. The van der Waals surface area contributed by atoms with E-state index in [1.54, 1.807) is 18.2 Å². The molecule has 0 spiro atoms. The fourth-order valence-electron chi connectivity index (χ4n) is 2.99. The molecule has 0 aromatic heterocycles. The van der Waals surface area contributed by atoms with E-state index in [2.05, 4.69) is 5.32 Å². The normalized spacial score (nSPS) is 13.3. The molecule has 1 fully saturated rings. The molecule has 7 heteroatoms. The second kappa shape index (κ2) is 9.03. The molecule has 1 aliphatic heterocycles. The van der Waals surface area contributed by atoms with Crippen molar-refractivity contribution in [1.29, 1.82) is 0 Å². The zero-order valence-corrected chi connectivity index (χ0v) is 15.8. The third-order valence-electron chi connectivity index (χ3n) is 4.42. The van der Waals surface area contributed by atoms with Crippen LogP contribution in [0.1, 0.15) is 27.9 Å². The lowest BCUT2D eigenvalue weighted by molar-refractivity contribution is -0.140. The molecule has 2 aromatic carbocycles. The van der Waals surface area contributed by atoms with E-state index in [0.29, 0.717) is 25.1 Å². The van der Waals surface area contributed by atoms with Gasteiger partial charge in [-0.3, -0.25) is 9.59 Å². The summed E-state index contributed by atoms with van der Waals surface area (Å²) in [5, 5.41) is 5.24. The number of amides is 3. The molecule has 3 amide bonds. The summed E-state index contributed by atoms with van der Waals surface area (Å²) in [5.41, 5.74) is 2.33. The van der Waals surface area contributed by atoms with E-state index in [1.807, 2.05) is 43.3 Å². The summed E-state index contributed by atoms with van der Waals surface area (Å²) in [6.07, 6.45) is 0.0950. The molecule has 0 bridgehead atoms. The lowest BCUT2D eigenvalue weighted by atomic mass is 10.1. The van der Waals surface area contributed by atoms with Crippen LogP contribution in [0.2, 0.25) is 0 Å². The summed E-state index contributed by atoms with van der Waals surface area (Å²) in [5.74, 6) is -0.676. The Hall–Kier alpha value is -3.35. The molecule has 1 saturated heterocycles. The predicted octanol–water partition coefficient (Wildman–Crippen LogP) is 2.51. The molecule has 7 nitrogen and oxygen atoms in total. The molecule has 146 valence electrons. The lowest BCUT2D eigenvalue weighted by Gasteiger charge is -2.27. The van der Waals surface area contributed by atoms with Crippen molar-refractivity contribution in [2.75, 3.05) is 19.6 Å². The van der Waals surface area contributed by atoms with E-state index in [4.69, 9.17) is 4.74 Å². The minimum atomic E-state index is -0.570. The van der Waals surface area contributed by atoms with Crippen molar-refractivity contribution in [3.63, 3.8) is 0 Å². The highest BCUT2D eigenvalue weighted by molar-refractivity contribution is 5.96. The zero-order chi connectivity index (χ0) is 19.9. The summed E-state index contributed by atoms with van der Waals surface area (Å²) in [7, 11) is 0. The molecule has 28 heavy (non-hydrogen) atoms. The minimum Gasteiger partial charge on any atom is -0.443 e. The monoisotopic (exact) mass is 381 g/mol. The molecule has 0 radical (unpaired) electrons. The maximum Gasteiger partial charge on any atom is 0.429 e. The third-order valence-corrected chi connectivity index (χ3v) is 4.42. The van der Waals surface area contributed by atoms with Crippen LogP contribution in [0.4, 0.5) is 4.79 Å². The number of aryl methyl sites for hydroxylation is 1. The van der Waals surface area contributed by atoms with E-state index >= 15 is 0 Å². The summed E-state index contributed by atoms with van der Waals surface area (Å²) in [6.45, 7) is 2.67. The van der Waals surface area contributed by atoms with Gasteiger partial charge < -0.3 is 10.1 Å². The minimum absolute atomic E-state index is 0.141. The Morgan fingerprint density at radius 3 is 2.50 bits per heavy atom. The van der Waals surface area contributed by atoms with Crippen LogP contribution in [0.15, 0.2) is 54.6 Å². The van der Waals surface area contributed by atoms with Crippen LogP contribution in [0.5, 0.6) is 0 Å². The van der Waals surface area contributed by atoms with Crippen LogP contribution < -0.4 is 5.32 Å². The van der Waals surface area contributed by atoms with Crippen molar-refractivity contribution in [2.45, 2.75) is 20.0 Å². The van der Waals surface area contributed by atoms with Crippen LogP contribution >= 0.6 is 0 Å². The Bertz CT molecular complexity index is 854. The molecule has 0 saturated carbocycles. The molecule has 0 unspecified atom stereocenters. The van der Waals surface area contributed by atoms with Gasteiger partial charge in [0.05, 0.1) is 6.54 Å². The molecule has 1 heterocycles. The number of nitrogens with one attached hydrogen (secondary N) is 1. The molecular weight excluding hydrogens is 358 g/mol. The van der Waals surface area contributed by atoms with Crippen LogP contribution in [0, 0.1) is 6.92 Å². The third kappa shape index (κ3) is 4.88. The van der Waals surface area contributed by atoms with Crippen LogP contribution in [0.25, 0.3) is 0 Å². The predicted molar refractivity (Wildman–Crippen MR) is 103 cm³/mol. The number of hydrogen-bond acceptors (Lipinski definition) is 4. The standard InChI is InChI=1S/C21H23N3O4/c1-16-7-5-10-18(13-16)20(26)22-14-19(25)23-11-6-12-24(23)21(27)28-15-17-8-3-2-4-9-17/h2-5,7-10,13H,6,11-12,14-15H2,1H3,(H,22,26). The molecular formula is C21H23N3O4. The zero-order valence-electron chi connectivity index (χ0n) is 15.8. The summed E-state index contributed by atoms with van der Waals surface area (Å²) < 4.78 is 5.31. The van der Waals surface area contributed by atoms with Gasteiger partial charge in [-0.2, -0.15) is 0 Å². The second-order valence-corrected chi connectivity index (χ2v) is 6.59. The average molecular weight is 381 g/mol. The Balaban J connectivity index is 1.52. The van der Waals surface area contributed by atoms with Gasteiger partial charge in [0.25, 0.3) is 11.8 Å². The summed E-state index contributed by atoms with van der Waals surface area (Å²) in [6, 6.07) is 16.5. The SMILES string of the molecule is Cc1cccc(C(=O)NCC(=O)N2CCCN2C(=O)OCc2ccccc2)c1. The Labute approximate surface area is 163 Å². The Morgan fingerprint density at radius 1 is 1.00 bits per heavy atom. The summed E-state index contributed by atoms with van der Waals surface area (Å²) in [4.78, 5) is 37.1. The van der Waals surface area contributed by atoms with Crippen LogP contribution in [-0.2, 0) is 16.1 Å². The smallest absolute Gasteiger partial charge is 0.429 e. The Kier molecular flexibility index (Phi) is 6.26. The number of ether oxygens (including phenoxy) is 1. The number of carbonyl (C=O) groups is 3. The van der Waals surface area contributed by atoms with E-state index in [9.17, 15) is 14.4 Å². The molecule has 2 aromatic rings. The first-order valence-electron chi connectivity index (χ1n) is 9.18. The molecule has 0 aliphatic carbocycles. The van der Waals surface area contributed by atoms with Crippen molar-refractivity contribution in [1.82, 2.24) is 15.3 Å². The second-order valence-electron chi connectivity index (χ2n) is 6.59. The highest BCUT2D eigenvalue weighted by Crippen LogP contribution is 2.13. The van der Waals surface area contributed by atoms with Crippen LogP contribution in [0.3, 0.4) is 0 Å². The highest BCUT2D eigenvalue weighted by atomic mass is 16.6. The number of benzene rings is 2. The molecule has 1 aliphatic rings. The lowest BCUT2D eigenvalue weighted by Crippen LogP contribution is -2.48. The van der Waals surface area contributed by atoms with Crippen molar-refractivity contribution < 1.29 is 19.1 Å². The highest BCUT2D eigenvalue weighted by Gasteiger charge is 2.31. The van der Waals surface area contributed by atoms with Crippen molar-refractivity contribution >= 4 is 17.9 Å². The van der Waals surface area contributed by atoms with Gasteiger partial charge in [-0.25, -0.2) is 14.8 Å². The van der Waals surface area contributed by atoms with Gasteiger partial charge in [-0.15, -0.1) is 0 Å². The largest absolute Gasteiger partial charge is 0.443 e. The van der Waals surface area contributed by atoms with Crippen molar-refractivity contribution in [2.24, 2.45) is 0 Å².